The van der Waals surface area contributed by atoms with E-state index in [1.54, 1.807) is 19.1 Å². The fourth-order valence-electron chi connectivity index (χ4n) is 2.07. The van der Waals surface area contributed by atoms with E-state index >= 15 is 0 Å². The summed E-state index contributed by atoms with van der Waals surface area (Å²) in [4.78, 5) is 12.2. The lowest BCUT2D eigenvalue weighted by Crippen LogP contribution is -2.22. The highest BCUT2D eigenvalue weighted by molar-refractivity contribution is 7.89. The molecule has 0 atom stereocenters. The molecule has 26 heavy (non-hydrogen) atoms. The number of halogens is 2. The molecule has 6 nitrogen and oxygen atoms in total. The molecule has 140 valence electrons. The molecule has 0 heterocycles. The zero-order valence-corrected chi connectivity index (χ0v) is 16.7. The fourth-order valence-corrected chi connectivity index (χ4v) is 3.35. The Hall–Kier alpha value is -1.80. The Bertz CT molecular complexity index is 930. The van der Waals surface area contributed by atoms with Gasteiger partial charge in [-0.15, -0.1) is 0 Å². The second-order valence-corrected chi connectivity index (χ2v) is 8.65. The van der Waals surface area contributed by atoms with Gasteiger partial charge >= 0.3 is 0 Å². The lowest BCUT2D eigenvalue weighted by molar-refractivity contribution is -0.118. The van der Waals surface area contributed by atoms with E-state index in [2.05, 4.69) is 5.32 Å². The molecule has 0 aliphatic carbocycles. The maximum absolute atomic E-state index is 12.1. The minimum Gasteiger partial charge on any atom is -0.483 e. The summed E-state index contributed by atoms with van der Waals surface area (Å²) in [5.74, 6) is 0.0415. The summed E-state index contributed by atoms with van der Waals surface area (Å²) in [5, 5.41) is 3.37. The molecule has 0 saturated heterocycles. The second-order valence-electron chi connectivity index (χ2n) is 5.68. The summed E-state index contributed by atoms with van der Waals surface area (Å²) in [5.41, 5.74) is 1.10. The first kappa shape index (κ1) is 20.5. The number of anilines is 1. The van der Waals surface area contributed by atoms with Crippen molar-refractivity contribution in [2.24, 2.45) is 0 Å². The maximum Gasteiger partial charge on any atom is 0.262 e. The van der Waals surface area contributed by atoms with Gasteiger partial charge in [0.25, 0.3) is 5.91 Å². The first-order valence-electron chi connectivity index (χ1n) is 7.52. The third kappa shape index (κ3) is 4.88. The number of benzene rings is 2. The third-order valence-corrected chi connectivity index (χ3v) is 6.04. The minimum atomic E-state index is -3.52. The van der Waals surface area contributed by atoms with Gasteiger partial charge in [0, 0.05) is 19.8 Å². The van der Waals surface area contributed by atoms with Gasteiger partial charge in [-0.1, -0.05) is 23.2 Å². The SMILES string of the molecule is Cc1cc(S(=O)(=O)N(C)C)ccc1OCC(=O)Nc1ccc(Cl)c(Cl)c1. The number of nitrogens with zero attached hydrogens (tertiary/aromatic N) is 1. The van der Waals surface area contributed by atoms with E-state index in [9.17, 15) is 13.2 Å². The number of aryl methyl sites for hydroxylation is 1. The van der Waals surface area contributed by atoms with E-state index in [0.29, 0.717) is 27.0 Å². The summed E-state index contributed by atoms with van der Waals surface area (Å²) in [6.45, 7) is 1.47. The molecule has 0 fully saturated rings. The van der Waals surface area contributed by atoms with Crippen LogP contribution < -0.4 is 10.1 Å². The van der Waals surface area contributed by atoms with Crippen LogP contribution in [0.2, 0.25) is 10.0 Å². The average molecular weight is 417 g/mol. The minimum absolute atomic E-state index is 0.160. The van der Waals surface area contributed by atoms with Crippen LogP contribution >= 0.6 is 23.2 Å². The van der Waals surface area contributed by atoms with Crippen LogP contribution in [-0.4, -0.2) is 39.3 Å². The molecule has 0 spiro atoms. The van der Waals surface area contributed by atoms with E-state index in [0.717, 1.165) is 4.31 Å². The maximum atomic E-state index is 12.1. The van der Waals surface area contributed by atoms with E-state index in [1.807, 2.05) is 0 Å². The van der Waals surface area contributed by atoms with Crippen molar-refractivity contribution in [3.8, 4) is 5.75 Å². The van der Waals surface area contributed by atoms with Crippen molar-refractivity contribution in [1.82, 2.24) is 4.31 Å². The van der Waals surface area contributed by atoms with Crippen LogP contribution in [0.4, 0.5) is 5.69 Å². The summed E-state index contributed by atoms with van der Waals surface area (Å²) in [6, 6.07) is 9.20. The molecule has 0 saturated carbocycles. The molecule has 0 bridgehead atoms. The summed E-state index contributed by atoms with van der Waals surface area (Å²) < 4.78 is 30.8. The van der Waals surface area contributed by atoms with Crippen LogP contribution in [0.25, 0.3) is 0 Å². The highest BCUT2D eigenvalue weighted by Gasteiger charge is 2.18. The van der Waals surface area contributed by atoms with Gasteiger partial charge in [-0.3, -0.25) is 4.79 Å². The van der Waals surface area contributed by atoms with Gasteiger partial charge in [0.05, 0.1) is 14.9 Å². The Morgan fingerprint density at radius 3 is 2.38 bits per heavy atom. The number of hydrogen-bond acceptors (Lipinski definition) is 4. The molecule has 0 aliphatic rings. The van der Waals surface area contributed by atoms with Crippen molar-refractivity contribution < 1.29 is 17.9 Å². The number of sulfonamides is 1. The Balaban J connectivity index is 2.03. The zero-order valence-electron chi connectivity index (χ0n) is 14.4. The number of ether oxygens (including phenoxy) is 1. The van der Waals surface area contributed by atoms with Crippen molar-refractivity contribution in [3.63, 3.8) is 0 Å². The van der Waals surface area contributed by atoms with Crippen molar-refractivity contribution in [2.45, 2.75) is 11.8 Å². The first-order chi connectivity index (χ1) is 12.1. The first-order valence-corrected chi connectivity index (χ1v) is 9.71. The van der Waals surface area contributed by atoms with Crippen LogP contribution in [0.5, 0.6) is 5.75 Å². The number of hydrogen-bond donors (Lipinski definition) is 1. The molecule has 0 aliphatic heterocycles. The third-order valence-electron chi connectivity index (χ3n) is 3.49. The highest BCUT2D eigenvalue weighted by atomic mass is 35.5. The van der Waals surface area contributed by atoms with Gasteiger partial charge in [-0.25, -0.2) is 12.7 Å². The molecular weight excluding hydrogens is 399 g/mol. The molecule has 1 N–H and O–H groups in total. The molecule has 9 heteroatoms. The molecule has 0 aromatic heterocycles. The van der Waals surface area contributed by atoms with Crippen LogP contribution in [0, 0.1) is 6.92 Å². The fraction of sp³-hybridized carbons (Fsp3) is 0.235. The number of nitrogens with one attached hydrogen (secondary N) is 1. The highest BCUT2D eigenvalue weighted by Crippen LogP contribution is 2.25. The van der Waals surface area contributed by atoms with Crippen molar-refractivity contribution in [1.29, 1.82) is 0 Å². The molecule has 2 aromatic carbocycles. The predicted octanol–water partition coefficient (Wildman–Crippen LogP) is 3.57. The topological polar surface area (TPSA) is 75.7 Å². The second kappa shape index (κ2) is 8.26. The van der Waals surface area contributed by atoms with Gasteiger partial charge in [-0.05, 0) is 48.9 Å². The number of rotatable bonds is 6. The molecule has 2 aromatic rings. The van der Waals surface area contributed by atoms with Gasteiger partial charge in [-0.2, -0.15) is 0 Å². The van der Waals surface area contributed by atoms with Crippen LogP contribution in [0.15, 0.2) is 41.3 Å². The smallest absolute Gasteiger partial charge is 0.262 e. The molecular formula is C17H18Cl2N2O4S. The number of amides is 1. The molecule has 2 rings (SSSR count). The van der Waals surface area contributed by atoms with Crippen LogP contribution in [0.1, 0.15) is 5.56 Å². The Morgan fingerprint density at radius 1 is 1.12 bits per heavy atom. The van der Waals surface area contributed by atoms with Crippen LogP contribution in [0.3, 0.4) is 0 Å². The van der Waals surface area contributed by atoms with Gasteiger partial charge in [0.2, 0.25) is 10.0 Å². The molecule has 0 radical (unpaired) electrons. The summed E-state index contributed by atoms with van der Waals surface area (Å²) in [7, 11) is -0.599. The Morgan fingerprint density at radius 2 is 1.81 bits per heavy atom. The van der Waals surface area contributed by atoms with Crippen LogP contribution in [-0.2, 0) is 14.8 Å². The van der Waals surface area contributed by atoms with Crippen molar-refractivity contribution in [2.75, 3.05) is 26.0 Å². The molecule has 0 unspecified atom stereocenters. The van der Waals surface area contributed by atoms with E-state index in [4.69, 9.17) is 27.9 Å². The summed E-state index contributed by atoms with van der Waals surface area (Å²) >= 11 is 11.7. The van der Waals surface area contributed by atoms with Crippen molar-refractivity contribution in [3.05, 3.63) is 52.0 Å². The lowest BCUT2D eigenvalue weighted by atomic mass is 10.2. The quantitative estimate of drug-likeness (QED) is 0.780. The normalized spacial score (nSPS) is 11.5. The van der Waals surface area contributed by atoms with E-state index in [-0.39, 0.29) is 17.4 Å². The zero-order chi connectivity index (χ0) is 19.5. The van der Waals surface area contributed by atoms with Gasteiger partial charge < -0.3 is 10.1 Å². The average Bonchev–Trinajstić information content (AvgIpc) is 2.56. The van der Waals surface area contributed by atoms with Gasteiger partial charge in [0.1, 0.15) is 5.75 Å². The largest absolute Gasteiger partial charge is 0.483 e. The lowest BCUT2D eigenvalue weighted by Gasteiger charge is -2.14. The molecule has 1 amide bonds. The Labute approximate surface area is 162 Å². The van der Waals surface area contributed by atoms with Gasteiger partial charge in [0.15, 0.2) is 6.61 Å². The monoisotopic (exact) mass is 416 g/mol. The summed E-state index contributed by atoms with van der Waals surface area (Å²) in [6.07, 6.45) is 0. The van der Waals surface area contributed by atoms with E-state index in [1.165, 1.54) is 38.4 Å². The van der Waals surface area contributed by atoms with Crippen molar-refractivity contribution >= 4 is 44.8 Å². The predicted molar refractivity (Wildman–Crippen MR) is 103 cm³/mol. The Kier molecular flexibility index (Phi) is 6.52. The number of carbonyl (C=O) groups is 1. The standard InChI is InChI=1S/C17H18Cl2N2O4S/c1-11-8-13(26(23,24)21(2)3)5-7-16(11)25-10-17(22)20-12-4-6-14(18)15(19)9-12/h4-9H,10H2,1-3H3,(H,20,22). The van der Waals surface area contributed by atoms with E-state index < -0.39 is 10.0 Å². The number of carbonyl (C=O) groups excluding carboxylic acids is 1.